The highest BCUT2D eigenvalue weighted by Crippen LogP contribution is 2.35. The number of fused-ring (bicyclic) bond motifs is 2. The van der Waals surface area contributed by atoms with Crippen LogP contribution in [0.5, 0.6) is 0 Å². The van der Waals surface area contributed by atoms with Crippen molar-refractivity contribution in [2.75, 3.05) is 6.61 Å². The van der Waals surface area contributed by atoms with E-state index in [1.165, 1.54) is 0 Å². The topological polar surface area (TPSA) is 68.5 Å². The minimum Gasteiger partial charge on any atom is -0.389 e. The number of hydrogen-bond acceptors (Lipinski definition) is 5. The summed E-state index contributed by atoms with van der Waals surface area (Å²) in [5.41, 5.74) is 0. The Balaban J connectivity index is 1.86. The Hall–Kier alpha value is -0.950. The van der Waals surface area contributed by atoms with Gasteiger partial charge in [-0.15, -0.1) is 0 Å². The van der Waals surface area contributed by atoms with E-state index in [4.69, 9.17) is 9.47 Å². The molecule has 2 bridgehead atoms. The maximum absolute atomic E-state index is 10.5. The number of aliphatic hydroxyl groups excluding tert-OH is 1. The summed E-state index contributed by atoms with van der Waals surface area (Å²) in [4.78, 5) is 0. The quantitative estimate of drug-likeness (QED) is 0.788. The summed E-state index contributed by atoms with van der Waals surface area (Å²) in [6.07, 6.45) is 2.46. The number of rotatable bonds is 3. The molecule has 1 aromatic rings. The summed E-state index contributed by atoms with van der Waals surface area (Å²) < 4.78 is 13.1. The van der Waals surface area contributed by atoms with Gasteiger partial charge in [0.1, 0.15) is 12.1 Å². The molecule has 6 heteroatoms. The Labute approximate surface area is 106 Å². The van der Waals surface area contributed by atoms with Gasteiger partial charge in [0.05, 0.1) is 18.8 Å². The van der Waals surface area contributed by atoms with Crippen LogP contribution in [0.1, 0.15) is 19.9 Å². The number of hydrogen-bond donors (Lipinski definition) is 2. The summed E-state index contributed by atoms with van der Waals surface area (Å²) in [7, 11) is 0. The lowest BCUT2D eigenvalue weighted by Crippen LogP contribution is -2.59. The Kier molecular flexibility index (Phi) is 3.11. The summed E-state index contributed by atoms with van der Waals surface area (Å²) >= 11 is 0. The lowest BCUT2D eigenvalue weighted by atomic mass is 9.95. The standard InChI is InChI=1S/C12H19N3O3/c1-7(2)14-9-8-6-17-12(18-8)10(11(9)16)15-5-3-4-13-15/h3-5,7-12,14,16H,6H2,1-2H3/t8-,9-,10-,11+,12-/m1/s1. The highest BCUT2D eigenvalue weighted by molar-refractivity contribution is 5.00. The van der Waals surface area contributed by atoms with Crippen molar-refractivity contribution in [3.8, 4) is 0 Å². The molecule has 3 heterocycles. The molecule has 2 N–H and O–H groups in total. The van der Waals surface area contributed by atoms with Crippen molar-refractivity contribution >= 4 is 0 Å². The van der Waals surface area contributed by atoms with E-state index in [9.17, 15) is 5.11 Å². The van der Waals surface area contributed by atoms with Gasteiger partial charge < -0.3 is 19.9 Å². The molecule has 100 valence electrons. The van der Waals surface area contributed by atoms with Crippen molar-refractivity contribution in [1.82, 2.24) is 15.1 Å². The molecule has 2 aliphatic heterocycles. The van der Waals surface area contributed by atoms with Crippen LogP contribution in [0.3, 0.4) is 0 Å². The van der Waals surface area contributed by atoms with Crippen LogP contribution < -0.4 is 5.32 Å². The summed E-state index contributed by atoms with van der Waals surface area (Å²) in [6, 6.07) is 1.69. The van der Waals surface area contributed by atoms with Gasteiger partial charge in [0.15, 0.2) is 6.29 Å². The maximum Gasteiger partial charge on any atom is 0.183 e. The van der Waals surface area contributed by atoms with E-state index in [-0.39, 0.29) is 24.2 Å². The Morgan fingerprint density at radius 2 is 2.33 bits per heavy atom. The molecule has 3 rings (SSSR count). The fourth-order valence-corrected chi connectivity index (χ4v) is 2.73. The molecule has 0 radical (unpaired) electrons. The molecule has 0 amide bonds. The van der Waals surface area contributed by atoms with Crippen LogP contribution in [-0.4, -0.2) is 52.1 Å². The van der Waals surface area contributed by atoms with Crippen LogP contribution >= 0.6 is 0 Å². The molecular formula is C12H19N3O3. The molecule has 0 aromatic carbocycles. The highest BCUT2D eigenvalue weighted by Gasteiger charge is 2.51. The van der Waals surface area contributed by atoms with Crippen molar-refractivity contribution in [3.63, 3.8) is 0 Å². The second kappa shape index (κ2) is 4.62. The first kappa shape index (κ1) is 12.1. The zero-order valence-electron chi connectivity index (χ0n) is 10.6. The average Bonchev–Trinajstić information content (AvgIpc) is 2.95. The first-order valence-electron chi connectivity index (χ1n) is 6.37. The Morgan fingerprint density at radius 1 is 1.50 bits per heavy atom. The van der Waals surface area contributed by atoms with Crippen molar-refractivity contribution in [2.45, 2.75) is 50.5 Å². The van der Waals surface area contributed by atoms with Crippen molar-refractivity contribution in [3.05, 3.63) is 18.5 Å². The normalized spacial score (nSPS) is 39.4. The van der Waals surface area contributed by atoms with E-state index in [1.807, 2.05) is 12.3 Å². The first-order chi connectivity index (χ1) is 8.66. The van der Waals surface area contributed by atoms with Crippen LogP contribution in [0.25, 0.3) is 0 Å². The maximum atomic E-state index is 10.5. The lowest BCUT2D eigenvalue weighted by molar-refractivity contribution is -0.168. The number of nitrogens with one attached hydrogen (secondary N) is 1. The second-order valence-corrected chi connectivity index (χ2v) is 5.19. The molecule has 2 aliphatic rings. The van der Waals surface area contributed by atoms with Crippen LogP contribution in [-0.2, 0) is 9.47 Å². The molecule has 5 atom stereocenters. The zero-order valence-corrected chi connectivity index (χ0v) is 10.6. The van der Waals surface area contributed by atoms with E-state index in [0.717, 1.165) is 0 Å². The van der Waals surface area contributed by atoms with Crippen molar-refractivity contribution in [2.24, 2.45) is 0 Å². The van der Waals surface area contributed by atoms with Gasteiger partial charge in [0, 0.05) is 18.4 Å². The predicted octanol–water partition coefficient (Wildman–Crippen LogP) is -0.0932. The third-order valence-electron chi connectivity index (χ3n) is 3.49. The van der Waals surface area contributed by atoms with Gasteiger partial charge in [-0.3, -0.25) is 4.68 Å². The second-order valence-electron chi connectivity index (χ2n) is 5.19. The van der Waals surface area contributed by atoms with Gasteiger partial charge in [0.25, 0.3) is 0 Å². The number of aliphatic hydroxyl groups is 1. The molecule has 0 unspecified atom stereocenters. The van der Waals surface area contributed by atoms with E-state index in [2.05, 4.69) is 24.3 Å². The number of ether oxygens (including phenoxy) is 2. The summed E-state index contributed by atoms with van der Waals surface area (Å²) in [5, 5.41) is 18.1. The molecule has 6 nitrogen and oxygen atoms in total. The predicted molar refractivity (Wildman–Crippen MR) is 63.9 cm³/mol. The lowest BCUT2D eigenvalue weighted by Gasteiger charge is -2.39. The number of aromatic nitrogens is 2. The molecule has 2 saturated heterocycles. The molecular weight excluding hydrogens is 234 g/mol. The van der Waals surface area contributed by atoms with E-state index >= 15 is 0 Å². The molecule has 0 aliphatic carbocycles. The third-order valence-corrected chi connectivity index (χ3v) is 3.49. The molecule has 2 fully saturated rings. The summed E-state index contributed by atoms with van der Waals surface area (Å²) in [5.74, 6) is 0. The largest absolute Gasteiger partial charge is 0.389 e. The van der Waals surface area contributed by atoms with E-state index in [0.29, 0.717) is 6.61 Å². The fourth-order valence-electron chi connectivity index (χ4n) is 2.73. The van der Waals surface area contributed by atoms with Crippen molar-refractivity contribution < 1.29 is 14.6 Å². The smallest absolute Gasteiger partial charge is 0.183 e. The van der Waals surface area contributed by atoms with Crippen LogP contribution in [0.2, 0.25) is 0 Å². The van der Waals surface area contributed by atoms with E-state index < -0.39 is 12.4 Å². The highest BCUT2D eigenvalue weighted by atomic mass is 16.7. The Morgan fingerprint density at radius 3 is 3.00 bits per heavy atom. The van der Waals surface area contributed by atoms with Crippen molar-refractivity contribution in [1.29, 1.82) is 0 Å². The SMILES string of the molecule is CC(C)N[C@H]1[C@H](O)[C@@H](n2cccn2)[C@@H]2OC[C@H]1O2. The van der Waals surface area contributed by atoms with Gasteiger partial charge in [0.2, 0.25) is 0 Å². The van der Waals surface area contributed by atoms with Crippen LogP contribution in [0.15, 0.2) is 18.5 Å². The minimum absolute atomic E-state index is 0.0841. The zero-order chi connectivity index (χ0) is 12.7. The molecule has 1 aromatic heterocycles. The average molecular weight is 253 g/mol. The van der Waals surface area contributed by atoms with Gasteiger partial charge >= 0.3 is 0 Å². The van der Waals surface area contributed by atoms with Gasteiger partial charge in [-0.05, 0) is 6.07 Å². The van der Waals surface area contributed by atoms with Gasteiger partial charge in [-0.1, -0.05) is 13.8 Å². The third kappa shape index (κ3) is 1.95. The van der Waals surface area contributed by atoms with Crippen LogP contribution in [0, 0.1) is 0 Å². The van der Waals surface area contributed by atoms with Gasteiger partial charge in [-0.25, -0.2) is 0 Å². The molecule has 0 spiro atoms. The first-order valence-corrected chi connectivity index (χ1v) is 6.37. The molecule has 0 saturated carbocycles. The minimum atomic E-state index is -0.571. The Bertz CT molecular complexity index is 395. The fraction of sp³-hybridized carbons (Fsp3) is 0.750. The summed E-state index contributed by atoms with van der Waals surface area (Å²) in [6.45, 7) is 4.62. The molecule has 18 heavy (non-hydrogen) atoms. The van der Waals surface area contributed by atoms with E-state index in [1.54, 1.807) is 10.9 Å². The monoisotopic (exact) mass is 253 g/mol. The van der Waals surface area contributed by atoms with Gasteiger partial charge in [-0.2, -0.15) is 5.10 Å². The van der Waals surface area contributed by atoms with Crippen LogP contribution in [0.4, 0.5) is 0 Å². The number of nitrogens with zero attached hydrogens (tertiary/aromatic N) is 2.